The molecule has 0 saturated heterocycles. The smallest absolute Gasteiger partial charge is 0.311 e. The van der Waals surface area contributed by atoms with Crippen LogP contribution < -0.4 is 4.74 Å². The van der Waals surface area contributed by atoms with E-state index in [0.29, 0.717) is 0 Å². The summed E-state index contributed by atoms with van der Waals surface area (Å²) in [6, 6.07) is 4.19. The minimum atomic E-state index is -0.572. The third-order valence-corrected chi connectivity index (χ3v) is 4.97. The summed E-state index contributed by atoms with van der Waals surface area (Å²) < 4.78 is 9.78. The summed E-state index contributed by atoms with van der Waals surface area (Å²) in [4.78, 5) is 37.4. The number of hydrogen-bond acceptors (Lipinski definition) is 6. The quantitative estimate of drug-likeness (QED) is 0.410. The number of rotatable bonds is 7. The zero-order chi connectivity index (χ0) is 20.0. The molecule has 148 valence electrons. The molecule has 1 atom stereocenters. The van der Waals surface area contributed by atoms with E-state index in [0.717, 1.165) is 32.1 Å². The highest BCUT2D eigenvalue weighted by Gasteiger charge is 2.31. The molecule has 8 heteroatoms. The molecule has 0 aliphatic heterocycles. The Morgan fingerprint density at radius 3 is 2.48 bits per heavy atom. The standard InChI is InChI=1S/C19H26N2O6/c1-13(19(23)27-3)12-20(15-7-5-4-6-8-15)18(22)14-9-10-17(26-2)16(11-14)21(24)25/h9-11,13,15H,4-8,12H2,1-3H3. The molecule has 1 aromatic carbocycles. The van der Waals surface area contributed by atoms with E-state index in [9.17, 15) is 19.7 Å². The van der Waals surface area contributed by atoms with Crippen LogP contribution in [0.2, 0.25) is 0 Å². The number of esters is 1. The molecular weight excluding hydrogens is 352 g/mol. The average molecular weight is 378 g/mol. The van der Waals surface area contributed by atoms with Crippen molar-refractivity contribution in [2.24, 2.45) is 5.92 Å². The molecule has 27 heavy (non-hydrogen) atoms. The van der Waals surface area contributed by atoms with Crippen LogP contribution in [0.25, 0.3) is 0 Å². The van der Waals surface area contributed by atoms with Crippen molar-refractivity contribution in [2.45, 2.75) is 45.1 Å². The number of carbonyl (C=O) groups excluding carboxylic acids is 2. The molecule has 0 N–H and O–H groups in total. The Kier molecular flexibility index (Phi) is 7.15. The van der Waals surface area contributed by atoms with Crippen LogP contribution in [0, 0.1) is 16.0 Å². The normalized spacial score (nSPS) is 15.7. The fourth-order valence-corrected chi connectivity index (χ4v) is 3.49. The van der Waals surface area contributed by atoms with Crippen molar-refractivity contribution in [2.75, 3.05) is 20.8 Å². The van der Waals surface area contributed by atoms with E-state index in [2.05, 4.69) is 0 Å². The van der Waals surface area contributed by atoms with E-state index in [1.165, 1.54) is 32.4 Å². The van der Waals surface area contributed by atoms with Crippen LogP contribution in [0.15, 0.2) is 18.2 Å². The minimum absolute atomic E-state index is 0.0134. The minimum Gasteiger partial charge on any atom is -0.490 e. The second-order valence-electron chi connectivity index (χ2n) is 6.82. The SMILES string of the molecule is COC(=O)C(C)CN(C(=O)c1ccc(OC)c([N+](=O)[O-])c1)C1CCCCC1. The number of hydrogen-bond donors (Lipinski definition) is 0. The van der Waals surface area contributed by atoms with Gasteiger partial charge in [-0.15, -0.1) is 0 Å². The van der Waals surface area contributed by atoms with Gasteiger partial charge in [-0.2, -0.15) is 0 Å². The van der Waals surface area contributed by atoms with Crippen LogP contribution in [0.4, 0.5) is 5.69 Å². The van der Waals surface area contributed by atoms with Gasteiger partial charge in [0.15, 0.2) is 5.75 Å². The van der Waals surface area contributed by atoms with Crippen molar-refractivity contribution in [3.8, 4) is 5.75 Å². The van der Waals surface area contributed by atoms with Gasteiger partial charge < -0.3 is 14.4 Å². The molecule has 2 rings (SSSR count). The lowest BCUT2D eigenvalue weighted by molar-refractivity contribution is -0.385. The fraction of sp³-hybridized carbons (Fsp3) is 0.579. The van der Waals surface area contributed by atoms with Gasteiger partial charge in [0.05, 0.1) is 25.1 Å². The van der Waals surface area contributed by atoms with E-state index in [1.807, 2.05) is 0 Å². The summed E-state index contributed by atoms with van der Waals surface area (Å²) in [5.41, 5.74) is -0.0434. The first-order valence-electron chi connectivity index (χ1n) is 9.10. The maximum absolute atomic E-state index is 13.2. The predicted molar refractivity (Wildman–Crippen MR) is 98.7 cm³/mol. The van der Waals surface area contributed by atoms with Crippen molar-refractivity contribution in [1.29, 1.82) is 0 Å². The Balaban J connectivity index is 2.33. The van der Waals surface area contributed by atoms with Gasteiger partial charge in [0.2, 0.25) is 0 Å². The number of amides is 1. The largest absolute Gasteiger partial charge is 0.490 e. The lowest BCUT2D eigenvalue weighted by atomic mass is 9.93. The first-order chi connectivity index (χ1) is 12.9. The fourth-order valence-electron chi connectivity index (χ4n) is 3.49. The molecule has 0 radical (unpaired) electrons. The molecule has 1 amide bonds. The molecule has 1 saturated carbocycles. The zero-order valence-corrected chi connectivity index (χ0v) is 16.0. The second kappa shape index (κ2) is 9.34. The Morgan fingerprint density at radius 1 is 1.26 bits per heavy atom. The Labute approximate surface area is 158 Å². The van der Waals surface area contributed by atoms with E-state index in [1.54, 1.807) is 11.8 Å². The van der Waals surface area contributed by atoms with Crippen molar-refractivity contribution >= 4 is 17.6 Å². The second-order valence-corrected chi connectivity index (χ2v) is 6.82. The van der Waals surface area contributed by atoms with Crippen molar-refractivity contribution < 1.29 is 24.0 Å². The highest BCUT2D eigenvalue weighted by molar-refractivity contribution is 5.95. The molecular formula is C19H26N2O6. The van der Waals surface area contributed by atoms with Gasteiger partial charge in [0.25, 0.3) is 5.91 Å². The van der Waals surface area contributed by atoms with Gasteiger partial charge >= 0.3 is 11.7 Å². The number of nitro groups is 1. The highest BCUT2D eigenvalue weighted by Crippen LogP contribution is 2.30. The molecule has 0 spiro atoms. The third-order valence-electron chi connectivity index (χ3n) is 4.97. The maximum Gasteiger partial charge on any atom is 0.311 e. The van der Waals surface area contributed by atoms with Crippen LogP contribution in [-0.2, 0) is 9.53 Å². The number of nitro benzene ring substituents is 1. The summed E-state index contributed by atoms with van der Waals surface area (Å²) in [5.74, 6) is -1.08. The zero-order valence-electron chi connectivity index (χ0n) is 16.0. The van der Waals surface area contributed by atoms with Crippen molar-refractivity contribution in [3.05, 3.63) is 33.9 Å². The first kappa shape index (κ1) is 20.7. The van der Waals surface area contributed by atoms with Crippen molar-refractivity contribution in [3.63, 3.8) is 0 Å². The molecule has 1 aromatic rings. The molecule has 1 aliphatic carbocycles. The van der Waals surface area contributed by atoms with E-state index >= 15 is 0 Å². The van der Waals surface area contributed by atoms with Gasteiger partial charge in [-0.1, -0.05) is 26.2 Å². The van der Waals surface area contributed by atoms with Gasteiger partial charge in [-0.25, -0.2) is 0 Å². The summed E-state index contributed by atoms with van der Waals surface area (Å²) >= 11 is 0. The van der Waals surface area contributed by atoms with Gasteiger partial charge in [0, 0.05) is 24.2 Å². The molecule has 1 aliphatic rings. The van der Waals surface area contributed by atoms with Crippen LogP contribution in [-0.4, -0.2) is 48.5 Å². The highest BCUT2D eigenvalue weighted by atomic mass is 16.6. The molecule has 8 nitrogen and oxygen atoms in total. The van der Waals surface area contributed by atoms with Crippen LogP contribution in [0.1, 0.15) is 49.4 Å². The topological polar surface area (TPSA) is 99.0 Å². The number of benzene rings is 1. The molecule has 0 bridgehead atoms. The lowest BCUT2D eigenvalue weighted by Gasteiger charge is -2.35. The third kappa shape index (κ3) is 4.96. The van der Waals surface area contributed by atoms with Gasteiger partial charge in [-0.05, 0) is 25.0 Å². The average Bonchev–Trinajstić information content (AvgIpc) is 2.70. The van der Waals surface area contributed by atoms with E-state index in [4.69, 9.17) is 9.47 Å². The molecule has 1 unspecified atom stereocenters. The number of carbonyl (C=O) groups is 2. The maximum atomic E-state index is 13.2. The van der Waals surface area contributed by atoms with E-state index < -0.39 is 10.8 Å². The number of methoxy groups -OCH3 is 2. The van der Waals surface area contributed by atoms with Crippen LogP contribution in [0.5, 0.6) is 5.75 Å². The number of ether oxygens (including phenoxy) is 2. The monoisotopic (exact) mass is 378 g/mol. The summed E-state index contributed by atoms with van der Waals surface area (Å²) in [7, 11) is 2.66. The van der Waals surface area contributed by atoms with Crippen molar-refractivity contribution in [1.82, 2.24) is 4.90 Å². The van der Waals surface area contributed by atoms with Crippen LogP contribution in [0.3, 0.4) is 0 Å². The lowest BCUT2D eigenvalue weighted by Crippen LogP contribution is -2.45. The van der Waals surface area contributed by atoms with Gasteiger partial charge in [-0.3, -0.25) is 19.7 Å². The van der Waals surface area contributed by atoms with E-state index in [-0.39, 0.29) is 41.5 Å². The van der Waals surface area contributed by atoms with Crippen LogP contribution >= 0.6 is 0 Å². The first-order valence-corrected chi connectivity index (χ1v) is 9.10. The molecule has 0 heterocycles. The predicted octanol–water partition coefficient (Wildman–Crippen LogP) is 3.19. The molecule has 1 fully saturated rings. The summed E-state index contributed by atoms with van der Waals surface area (Å²) in [6.07, 6.45) is 4.88. The number of nitrogens with zero attached hydrogens (tertiary/aromatic N) is 2. The molecule has 0 aromatic heterocycles. The summed E-state index contributed by atoms with van der Waals surface area (Å²) in [6.45, 7) is 1.93. The Bertz CT molecular complexity index is 699. The summed E-state index contributed by atoms with van der Waals surface area (Å²) in [5, 5.41) is 11.3. The van der Waals surface area contributed by atoms with Gasteiger partial charge in [0.1, 0.15) is 0 Å². The Hall–Kier alpha value is -2.64. The Morgan fingerprint density at radius 2 is 1.93 bits per heavy atom.